The highest BCUT2D eigenvalue weighted by molar-refractivity contribution is 7.90. The largest absolute Gasteiger partial charge is 0.478 e. The minimum Gasteiger partial charge on any atom is -0.478 e. The topological polar surface area (TPSA) is 114 Å². The van der Waals surface area contributed by atoms with Crippen LogP contribution in [0.3, 0.4) is 0 Å². The summed E-state index contributed by atoms with van der Waals surface area (Å²) < 4.78 is 26.4. The number of fused-ring (bicyclic) bond motifs is 1. The van der Waals surface area contributed by atoms with E-state index in [1.54, 1.807) is 6.92 Å². The molecule has 0 saturated carbocycles. The van der Waals surface area contributed by atoms with Crippen LogP contribution in [0.25, 0.3) is 11.0 Å². The number of hydrogen-bond donors (Lipinski definition) is 2. The van der Waals surface area contributed by atoms with Crippen LogP contribution in [-0.4, -0.2) is 53.6 Å². The van der Waals surface area contributed by atoms with Crippen molar-refractivity contribution in [2.75, 3.05) is 19.3 Å². The van der Waals surface area contributed by atoms with Crippen molar-refractivity contribution in [1.29, 1.82) is 0 Å². The fourth-order valence-corrected chi connectivity index (χ4v) is 5.25. The van der Waals surface area contributed by atoms with E-state index in [9.17, 15) is 18.3 Å². The summed E-state index contributed by atoms with van der Waals surface area (Å²) in [5.74, 6) is -1.29. The Hall–Kier alpha value is -1.71. The average molecular weight is 387 g/mol. The molecule has 1 aliphatic rings. The van der Waals surface area contributed by atoms with Crippen LogP contribution in [-0.2, 0) is 9.84 Å². The first-order chi connectivity index (χ1) is 11.7. The molecule has 2 aromatic heterocycles. The van der Waals surface area contributed by atoms with Crippen LogP contribution in [0.5, 0.6) is 0 Å². The number of nitrogens with one attached hydrogen (secondary N) is 1. The second-order valence-electron chi connectivity index (χ2n) is 6.33. The first-order valence-electron chi connectivity index (χ1n) is 7.88. The van der Waals surface area contributed by atoms with Gasteiger partial charge in [0.05, 0.1) is 21.7 Å². The van der Waals surface area contributed by atoms with Crippen molar-refractivity contribution in [2.24, 2.45) is 5.92 Å². The van der Waals surface area contributed by atoms with Crippen molar-refractivity contribution in [3.63, 3.8) is 0 Å². The number of carbonyl (C=O) groups is 1. The predicted molar refractivity (Wildman–Crippen MR) is 93.7 cm³/mol. The Morgan fingerprint density at radius 2 is 2.08 bits per heavy atom. The molecule has 0 bridgehead atoms. The highest BCUT2D eigenvalue weighted by Gasteiger charge is 2.36. The lowest BCUT2D eigenvalue weighted by Gasteiger charge is -2.29. The second-order valence-corrected chi connectivity index (χ2v) is 8.85. The summed E-state index contributed by atoms with van der Waals surface area (Å²) in [6, 6.07) is 0. The molecule has 0 aliphatic carbocycles. The minimum absolute atomic E-state index is 0.0267. The molecule has 136 valence electrons. The Morgan fingerprint density at radius 3 is 2.64 bits per heavy atom. The van der Waals surface area contributed by atoms with Crippen LogP contribution in [0.1, 0.15) is 34.3 Å². The second kappa shape index (κ2) is 6.54. The standard InChI is InChI=1S/C15H19ClN4O4S/c1-8-11-12(16)10(15(21)22)7-18-13(11)20(19-8)14(25(2,23)24)9-3-5-17-6-4-9/h7,9,14,17H,3-6H2,1-2H3,(H,21,22). The molecule has 0 spiro atoms. The zero-order valence-corrected chi connectivity index (χ0v) is 15.4. The van der Waals surface area contributed by atoms with E-state index in [2.05, 4.69) is 15.4 Å². The summed E-state index contributed by atoms with van der Waals surface area (Å²) in [6.45, 7) is 3.15. The van der Waals surface area contributed by atoms with E-state index in [0.29, 0.717) is 29.6 Å². The van der Waals surface area contributed by atoms with E-state index in [4.69, 9.17) is 11.6 Å². The smallest absolute Gasteiger partial charge is 0.338 e. The molecular weight excluding hydrogens is 368 g/mol. The molecule has 8 nitrogen and oxygen atoms in total. The van der Waals surface area contributed by atoms with Crippen LogP contribution >= 0.6 is 11.6 Å². The number of rotatable bonds is 4. The number of halogens is 1. The maximum absolute atomic E-state index is 12.5. The molecule has 1 saturated heterocycles. The van der Waals surface area contributed by atoms with E-state index in [1.165, 1.54) is 10.9 Å². The Bertz CT molecular complexity index is 935. The van der Waals surface area contributed by atoms with Crippen molar-refractivity contribution in [3.8, 4) is 0 Å². The van der Waals surface area contributed by atoms with Gasteiger partial charge >= 0.3 is 5.97 Å². The zero-order valence-electron chi connectivity index (χ0n) is 13.9. The number of sulfone groups is 1. The number of carboxylic acids is 1. The number of aryl methyl sites for hydroxylation is 1. The van der Waals surface area contributed by atoms with Gasteiger partial charge in [0.25, 0.3) is 0 Å². The number of aromatic nitrogens is 3. The third-order valence-corrected chi connectivity index (χ3v) is 6.38. The maximum atomic E-state index is 12.5. The normalized spacial score (nSPS) is 17.7. The van der Waals surface area contributed by atoms with Crippen LogP contribution in [0.2, 0.25) is 5.02 Å². The molecule has 2 N–H and O–H groups in total. The first kappa shape index (κ1) is 18.1. The molecule has 0 aromatic carbocycles. The fourth-order valence-electron chi connectivity index (χ4n) is 3.42. The maximum Gasteiger partial charge on any atom is 0.338 e. The van der Waals surface area contributed by atoms with E-state index in [1.807, 2.05) is 0 Å². The fraction of sp³-hybridized carbons (Fsp3) is 0.533. The Morgan fingerprint density at radius 1 is 1.44 bits per heavy atom. The number of aromatic carboxylic acids is 1. The molecule has 3 rings (SSSR count). The molecule has 25 heavy (non-hydrogen) atoms. The van der Waals surface area contributed by atoms with Crippen LogP contribution < -0.4 is 5.32 Å². The zero-order chi connectivity index (χ0) is 18.4. The molecule has 3 heterocycles. The molecule has 1 unspecified atom stereocenters. The van der Waals surface area contributed by atoms with E-state index < -0.39 is 21.2 Å². The molecule has 0 amide bonds. The summed E-state index contributed by atoms with van der Waals surface area (Å²) >= 11 is 6.23. The van der Waals surface area contributed by atoms with Gasteiger partial charge in [0.2, 0.25) is 0 Å². The van der Waals surface area contributed by atoms with E-state index >= 15 is 0 Å². The Kier molecular flexibility index (Phi) is 4.74. The lowest BCUT2D eigenvalue weighted by molar-refractivity contribution is 0.0697. The van der Waals surface area contributed by atoms with Gasteiger partial charge in [-0.2, -0.15) is 5.10 Å². The van der Waals surface area contributed by atoms with Gasteiger partial charge in [-0.1, -0.05) is 11.6 Å². The quantitative estimate of drug-likeness (QED) is 0.820. The summed E-state index contributed by atoms with van der Waals surface area (Å²) in [5.41, 5.74) is 0.620. The van der Waals surface area contributed by atoms with Crippen LogP contribution in [0.15, 0.2) is 6.20 Å². The summed E-state index contributed by atoms with van der Waals surface area (Å²) in [5, 5.41) is 16.3. The van der Waals surface area contributed by atoms with Crippen molar-refractivity contribution < 1.29 is 18.3 Å². The van der Waals surface area contributed by atoms with E-state index in [0.717, 1.165) is 19.3 Å². The molecule has 10 heteroatoms. The monoisotopic (exact) mass is 386 g/mol. The van der Waals surface area contributed by atoms with Crippen LogP contribution in [0, 0.1) is 12.8 Å². The molecule has 0 radical (unpaired) electrons. The van der Waals surface area contributed by atoms with Crippen molar-refractivity contribution in [2.45, 2.75) is 25.1 Å². The highest BCUT2D eigenvalue weighted by atomic mass is 35.5. The molecule has 2 aromatic rings. The van der Waals surface area contributed by atoms with E-state index in [-0.39, 0.29) is 16.5 Å². The van der Waals surface area contributed by atoms with Crippen molar-refractivity contribution in [1.82, 2.24) is 20.1 Å². The Labute approximate surface area is 150 Å². The van der Waals surface area contributed by atoms with Gasteiger partial charge in [-0.25, -0.2) is 22.9 Å². The lowest BCUT2D eigenvalue weighted by Crippen LogP contribution is -2.36. The highest BCUT2D eigenvalue weighted by Crippen LogP contribution is 2.36. The molecule has 1 fully saturated rings. The number of hydrogen-bond acceptors (Lipinski definition) is 6. The van der Waals surface area contributed by atoms with Gasteiger partial charge in [0.15, 0.2) is 20.9 Å². The number of nitrogens with zero attached hydrogens (tertiary/aromatic N) is 3. The third kappa shape index (κ3) is 3.23. The van der Waals surface area contributed by atoms with Crippen molar-refractivity contribution in [3.05, 3.63) is 22.5 Å². The number of carboxylic acid groups (broad SMARTS) is 1. The summed E-state index contributed by atoms with van der Waals surface area (Å²) in [7, 11) is -3.46. The molecule has 1 atom stereocenters. The van der Waals surface area contributed by atoms with Gasteiger partial charge < -0.3 is 10.4 Å². The van der Waals surface area contributed by atoms with Gasteiger partial charge in [0, 0.05) is 12.5 Å². The average Bonchev–Trinajstić information content (AvgIpc) is 2.84. The van der Waals surface area contributed by atoms with Gasteiger partial charge in [-0.15, -0.1) is 0 Å². The van der Waals surface area contributed by atoms with Gasteiger partial charge in [-0.05, 0) is 38.8 Å². The number of pyridine rings is 1. The molecule has 1 aliphatic heterocycles. The number of piperidine rings is 1. The van der Waals surface area contributed by atoms with Crippen LogP contribution in [0.4, 0.5) is 0 Å². The third-order valence-electron chi connectivity index (χ3n) is 4.53. The summed E-state index contributed by atoms with van der Waals surface area (Å²) in [6.07, 6.45) is 3.75. The SMILES string of the molecule is Cc1nn(C(C2CCNCC2)S(C)(=O)=O)c2ncc(C(=O)O)c(Cl)c12. The minimum atomic E-state index is -3.46. The molecular formula is C15H19ClN4O4S. The van der Waals surface area contributed by atoms with Crippen molar-refractivity contribution >= 4 is 38.4 Å². The first-order valence-corrected chi connectivity index (χ1v) is 10.2. The van der Waals surface area contributed by atoms with Gasteiger partial charge in [-0.3, -0.25) is 0 Å². The van der Waals surface area contributed by atoms with Gasteiger partial charge in [0.1, 0.15) is 0 Å². The summed E-state index contributed by atoms with van der Waals surface area (Å²) in [4.78, 5) is 15.4. The lowest BCUT2D eigenvalue weighted by atomic mass is 9.98. The predicted octanol–water partition coefficient (Wildman–Crippen LogP) is 1.63. The Balaban J connectivity index is 2.22.